The summed E-state index contributed by atoms with van der Waals surface area (Å²) in [7, 11) is 0. The van der Waals surface area contributed by atoms with Crippen LogP contribution in [0.2, 0.25) is 0 Å². The monoisotopic (exact) mass is 563 g/mol. The van der Waals surface area contributed by atoms with E-state index >= 15 is 0 Å². The topological polar surface area (TPSA) is 106 Å². The van der Waals surface area contributed by atoms with E-state index in [4.69, 9.17) is 18.9 Å². The number of carbonyl (C=O) groups excluding carboxylic acids is 1. The summed E-state index contributed by atoms with van der Waals surface area (Å²) in [6, 6.07) is 28.8. The molecular weight excluding hydrogens is 522 g/mol. The highest BCUT2D eigenvalue weighted by Gasteiger charge is 2.49. The summed E-state index contributed by atoms with van der Waals surface area (Å²) >= 11 is 0. The molecule has 0 aromatic heterocycles. The average molecular weight is 564 g/mol. The SMILES string of the molecule is CC(C)(C)OC(=O)N[C@H]([C@H]1OC(C)(C)O[C@@H]1COC(c1ccccc1)(c1ccccc1)c1ccccc1)[C@H](O)CO. The lowest BCUT2D eigenvalue weighted by Crippen LogP contribution is -2.57. The Hall–Kier alpha value is -3.27. The van der Waals surface area contributed by atoms with Crippen LogP contribution in [0, 0.1) is 0 Å². The molecule has 8 nitrogen and oxygen atoms in total. The van der Waals surface area contributed by atoms with Crippen LogP contribution in [0.3, 0.4) is 0 Å². The number of hydrogen-bond donors (Lipinski definition) is 3. The summed E-state index contributed by atoms with van der Waals surface area (Å²) in [5, 5.41) is 23.3. The van der Waals surface area contributed by atoms with Gasteiger partial charge in [-0.3, -0.25) is 0 Å². The minimum Gasteiger partial charge on any atom is -0.444 e. The predicted molar refractivity (Wildman–Crippen MR) is 155 cm³/mol. The third-order valence-corrected chi connectivity index (χ3v) is 6.87. The van der Waals surface area contributed by atoms with Crippen molar-refractivity contribution < 1.29 is 34.0 Å². The Balaban J connectivity index is 1.73. The molecule has 4 rings (SSSR count). The summed E-state index contributed by atoms with van der Waals surface area (Å²) in [5.41, 5.74) is 1.00. The molecule has 0 radical (unpaired) electrons. The van der Waals surface area contributed by atoms with Crippen LogP contribution in [-0.4, -0.2) is 65.3 Å². The summed E-state index contributed by atoms with van der Waals surface area (Å²) in [6.07, 6.45) is -3.66. The van der Waals surface area contributed by atoms with E-state index in [1.165, 1.54) is 0 Å². The number of aliphatic hydroxyl groups excluding tert-OH is 2. The molecule has 1 aliphatic heterocycles. The Morgan fingerprint density at radius 2 is 1.34 bits per heavy atom. The van der Waals surface area contributed by atoms with Gasteiger partial charge in [0.2, 0.25) is 0 Å². The molecule has 220 valence electrons. The molecule has 0 saturated carbocycles. The lowest BCUT2D eigenvalue weighted by molar-refractivity contribution is -0.158. The number of rotatable bonds is 10. The van der Waals surface area contributed by atoms with Gasteiger partial charge < -0.3 is 34.5 Å². The van der Waals surface area contributed by atoms with Crippen LogP contribution < -0.4 is 5.32 Å². The maximum Gasteiger partial charge on any atom is 0.408 e. The number of alkyl carbamates (subject to hydrolysis) is 1. The zero-order valence-electron chi connectivity index (χ0n) is 24.3. The van der Waals surface area contributed by atoms with Gasteiger partial charge in [-0.15, -0.1) is 0 Å². The quantitative estimate of drug-likeness (QED) is 0.305. The number of carbonyl (C=O) groups is 1. The van der Waals surface area contributed by atoms with Crippen LogP contribution in [0.15, 0.2) is 91.0 Å². The molecule has 3 N–H and O–H groups in total. The highest BCUT2D eigenvalue weighted by molar-refractivity contribution is 5.68. The van der Waals surface area contributed by atoms with Gasteiger partial charge in [-0.05, 0) is 51.3 Å². The van der Waals surface area contributed by atoms with Crippen LogP contribution in [0.25, 0.3) is 0 Å². The lowest BCUT2D eigenvalue weighted by Gasteiger charge is -2.37. The maximum atomic E-state index is 12.7. The van der Waals surface area contributed by atoms with E-state index in [9.17, 15) is 15.0 Å². The van der Waals surface area contributed by atoms with Crippen molar-refractivity contribution in [2.24, 2.45) is 0 Å². The Labute approximate surface area is 242 Å². The minimum atomic E-state index is -1.34. The van der Waals surface area contributed by atoms with Gasteiger partial charge in [0, 0.05) is 0 Å². The Morgan fingerprint density at radius 3 is 1.76 bits per heavy atom. The van der Waals surface area contributed by atoms with Crippen LogP contribution in [-0.2, 0) is 24.5 Å². The molecule has 8 heteroatoms. The molecule has 0 bridgehead atoms. The average Bonchev–Trinajstić information content (AvgIpc) is 3.26. The third-order valence-electron chi connectivity index (χ3n) is 6.87. The lowest BCUT2D eigenvalue weighted by atomic mass is 9.80. The Morgan fingerprint density at radius 1 is 0.878 bits per heavy atom. The molecule has 1 heterocycles. The van der Waals surface area contributed by atoms with Crippen LogP contribution >= 0.6 is 0 Å². The molecule has 3 aromatic rings. The molecule has 0 spiro atoms. The normalized spacial score (nSPS) is 20.3. The van der Waals surface area contributed by atoms with E-state index < -0.39 is 54.0 Å². The van der Waals surface area contributed by atoms with E-state index in [0.717, 1.165) is 16.7 Å². The molecule has 0 unspecified atom stereocenters. The highest BCUT2D eigenvalue weighted by atomic mass is 16.8. The first kappa shape index (κ1) is 30.7. The summed E-state index contributed by atoms with van der Waals surface area (Å²) in [5.74, 6) is -1.05. The minimum absolute atomic E-state index is 0.0391. The molecule has 4 atom stereocenters. The molecule has 0 aliphatic carbocycles. The molecule has 1 saturated heterocycles. The number of benzene rings is 3. The van der Waals surface area contributed by atoms with Crippen molar-refractivity contribution in [1.29, 1.82) is 0 Å². The number of nitrogens with one attached hydrogen (secondary N) is 1. The second-order valence-electron chi connectivity index (χ2n) is 11.7. The van der Waals surface area contributed by atoms with Crippen molar-refractivity contribution in [1.82, 2.24) is 5.32 Å². The van der Waals surface area contributed by atoms with Crippen LogP contribution in [0.5, 0.6) is 0 Å². The molecule has 1 fully saturated rings. The fourth-order valence-corrected chi connectivity index (χ4v) is 5.23. The van der Waals surface area contributed by atoms with Gasteiger partial charge in [0.15, 0.2) is 5.79 Å². The first-order valence-electron chi connectivity index (χ1n) is 13.9. The molecular formula is C33H41NO7. The number of ether oxygens (including phenoxy) is 4. The number of hydrogen-bond acceptors (Lipinski definition) is 7. The second-order valence-corrected chi connectivity index (χ2v) is 11.7. The van der Waals surface area contributed by atoms with E-state index in [2.05, 4.69) is 5.32 Å². The zero-order valence-corrected chi connectivity index (χ0v) is 24.3. The van der Waals surface area contributed by atoms with E-state index in [1.54, 1.807) is 34.6 Å². The summed E-state index contributed by atoms with van der Waals surface area (Å²) in [6.45, 7) is 8.19. The smallest absolute Gasteiger partial charge is 0.408 e. The molecule has 1 aliphatic rings. The fourth-order valence-electron chi connectivity index (χ4n) is 5.23. The Kier molecular flexibility index (Phi) is 9.51. The number of amides is 1. The van der Waals surface area contributed by atoms with Crippen molar-refractivity contribution in [3.8, 4) is 0 Å². The third kappa shape index (κ3) is 7.33. The van der Waals surface area contributed by atoms with Gasteiger partial charge in [0.05, 0.1) is 25.4 Å². The largest absolute Gasteiger partial charge is 0.444 e. The predicted octanol–water partition coefficient (Wildman–Crippen LogP) is 4.76. The standard InChI is InChI=1S/C33H41NO7/c1-31(2,3)41-30(37)34-28(26(36)21-35)29-27(39-32(4,5)40-29)22-38-33(23-15-9-6-10-16-23,24-17-11-7-12-18-24)25-19-13-8-14-20-25/h6-20,26-29,35-36H,21-22H2,1-5H3,(H,34,37)/t26-,27-,28+,29+/m1/s1. The van der Waals surface area contributed by atoms with Crippen molar-refractivity contribution in [2.45, 2.75) is 76.0 Å². The molecule has 41 heavy (non-hydrogen) atoms. The van der Waals surface area contributed by atoms with Gasteiger partial charge in [0.25, 0.3) is 0 Å². The van der Waals surface area contributed by atoms with Gasteiger partial charge in [-0.2, -0.15) is 0 Å². The van der Waals surface area contributed by atoms with Crippen molar-refractivity contribution in [3.05, 3.63) is 108 Å². The van der Waals surface area contributed by atoms with E-state index in [-0.39, 0.29) is 6.61 Å². The van der Waals surface area contributed by atoms with Gasteiger partial charge in [-0.25, -0.2) is 4.79 Å². The second kappa shape index (κ2) is 12.7. The van der Waals surface area contributed by atoms with Gasteiger partial charge >= 0.3 is 6.09 Å². The van der Waals surface area contributed by atoms with Gasteiger partial charge in [-0.1, -0.05) is 91.0 Å². The summed E-state index contributed by atoms with van der Waals surface area (Å²) < 4.78 is 24.9. The Bertz CT molecular complexity index is 1150. The zero-order chi connectivity index (χ0) is 29.7. The van der Waals surface area contributed by atoms with Crippen LogP contribution in [0.1, 0.15) is 51.3 Å². The first-order chi connectivity index (χ1) is 19.4. The maximum absolute atomic E-state index is 12.7. The van der Waals surface area contributed by atoms with Crippen molar-refractivity contribution >= 4 is 6.09 Å². The first-order valence-corrected chi connectivity index (χ1v) is 13.9. The van der Waals surface area contributed by atoms with Crippen LogP contribution in [0.4, 0.5) is 4.79 Å². The fraction of sp³-hybridized carbons (Fsp3) is 0.424. The van der Waals surface area contributed by atoms with Gasteiger partial charge in [0.1, 0.15) is 23.4 Å². The van der Waals surface area contributed by atoms with Crippen molar-refractivity contribution in [3.63, 3.8) is 0 Å². The van der Waals surface area contributed by atoms with E-state index in [1.807, 2.05) is 91.0 Å². The molecule has 1 amide bonds. The van der Waals surface area contributed by atoms with E-state index in [0.29, 0.717) is 0 Å². The molecule has 3 aromatic carbocycles. The van der Waals surface area contributed by atoms with Crippen molar-refractivity contribution in [2.75, 3.05) is 13.2 Å². The number of aliphatic hydroxyl groups is 2. The summed E-state index contributed by atoms with van der Waals surface area (Å²) in [4.78, 5) is 12.7. The highest BCUT2D eigenvalue weighted by Crippen LogP contribution is 2.42.